The van der Waals surface area contributed by atoms with Gasteiger partial charge in [-0.2, -0.15) is 0 Å². The Labute approximate surface area is 82.5 Å². The normalized spacial score (nSPS) is 12.3. The van der Waals surface area contributed by atoms with Gasteiger partial charge < -0.3 is 15.2 Å². The second kappa shape index (κ2) is 4.81. The van der Waals surface area contributed by atoms with E-state index in [9.17, 15) is 4.39 Å². The molecule has 0 spiro atoms. The second-order valence-electron chi connectivity index (χ2n) is 3.08. The Hall–Kier alpha value is -1.29. The van der Waals surface area contributed by atoms with Gasteiger partial charge in [-0.3, -0.25) is 0 Å². The van der Waals surface area contributed by atoms with Gasteiger partial charge in [0, 0.05) is 18.3 Å². The lowest BCUT2D eigenvalue weighted by Crippen LogP contribution is -2.15. The number of aliphatic hydroxyl groups excluding tert-OH is 1. The molecule has 1 aromatic carbocycles. The second-order valence-corrected chi connectivity index (χ2v) is 3.08. The van der Waals surface area contributed by atoms with Crippen molar-refractivity contribution in [2.24, 2.45) is 0 Å². The van der Waals surface area contributed by atoms with Crippen LogP contribution < -0.4 is 10.1 Å². The smallest absolute Gasteiger partial charge is 0.165 e. The number of ether oxygens (including phenoxy) is 1. The number of hydrogen-bond acceptors (Lipinski definition) is 3. The number of nitrogens with one attached hydrogen (secondary N) is 1. The minimum Gasteiger partial charge on any atom is -0.494 e. The minimum absolute atomic E-state index is 0.195. The summed E-state index contributed by atoms with van der Waals surface area (Å²) >= 11 is 0. The molecule has 1 unspecified atom stereocenters. The summed E-state index contributed by atoms with van der Waals surface area (Å²) in [5, 5.41) is 12.0. The van der Waals surface area contributed by atoms with Crippen LogP contribution in [0.15, 0.2) is 18.2 Å². The van der Waals surface area contributed by atoms with Gasteiger partial charge in [0.25, 0.3) is 0 Å². The molecular formula is C10H14FNO2. The van der Waals surface area contributed by atoms with Crippen LogP contribution in [0, 0.1) is 5.82 Å². The number of aliphatic hydroxyl groups is 1. The Bertz CT molecular complexity index is 302. The SMILES string of the molecule is COc1cc(NCC(C)O)ccc1F. The maximum atomic E-state index is 13.0. The highest BCUT2D eigenvalue weighted by Gasteiger charge is 2.03. The number of hydrogen-bond donors (Lipinski definition) is 2. The fourth-order valence-corrected chi connectivity index (χ4v) is 1.04. The van der Waals surface area contributed by atoms with Crippen LogP contribution in [0.2, 0.25) is 0 Å². The lowest BCUT2D eigenvalue weighted by molar-refractivity contribution is 0.208. The average Bonchev–Trinajstić information content (AvgIpc) is 2.16. The lowest BCUT2D eigenvalue weighted by atomic mass is 10.2. The molecule has 0 fully saturated rings. The van der Waals surface area contributed by atoms with Crippen LogP contribution >= 0.6 is 0 Å². The third-order valence-electron chi connectivity index (χ3n) is 1.75. The standard InChI is InChI=1S/C10H14FNO2/c1-7(13)6-12-8-3-4-9(11)10(5-8)14-2/h3-5,7,12-13H,6H2,1-2H3. The van der Waals surface area contributed by atoms with E-state index in [0.29, 0.717) is 6.54 Å². The highest BCUT2D eigenvalue weighted by Crippen LogP contribution is 2.21. The zero-order chi connectivity index (χ0) is 10.6. The predicted octanol–water partition coefficient (Wildman–Crippen LogP) is 1.63. The van der Waals surface area contributed by atoms with Gasteiger partial charge >= 0.3 is 0 Å². The third-order valence-corrected chi connectivity index (χ3v) is 1.75. The van der Waals surface area contributed by atoms with Crippen molar-refractivity contribution in [3.63, 3.8) is 0 Å². The van der Waals surface area contributed by atoms with Crippen LogP contribution in [0.4, 0.5) is 10.1 Å². The Kier molecular flexibility index (Phi) is 3.71. The minimum atomic E-state index is -0.439. The molecule has 0 aromatic heterocycles. The van der Waals surface area contributed by atoms with Gasteiger partial charge in [-0.05, 0) is 19.1 Å². The monoisotopic (exact) mass is 199 g/mol. The first kappa shape index (κ1) is 10.8. The number of halogens is 1. The molecule has 4 heteroatoms. The summed E-state index contributed by atoms with van der Waals surface area (Å²) in [5.41, 5.74) is 0.726. The van der Waals surface area contributed by atoms with Crippen molar-refractivity contribution in [1.82, 2.24) is 0 Å². The molecule has 0 saturated heterocycles. The van der Waals surface area contributed by atoms with E-state index in [0.717, 1.165) is 5.69 Å². The quantitative estimate of drug-likeness (QED) is 0.774. The number of benzene rings is 1. The molecule has 3 nitrogen and oxygen atoms in total. The molecule has 0 amide bonds. The molecular weight excluding hydrogens is 185 g/mol. The van der Waals surface area contributed by atoms with E-state index in [1.807, 2.05) is 0 Å². The van der Waals surface area contributed by atoms with Crippen molar-refractivity contribution in [3.05, 3.63) is 24.0 Å². The average molecular weight is 199 g/mol. The summed E-state index contributed by atoms with van der Waals surface area (Å²) in [4.78, 5) is 0. The van der Waals surface area contributed by atoms with E-state index in [1.165, 1.54) is 13.2 Å². The van der Waals surface area contributed by atoms with Gasteiger partial charge in [0.05, 0.1) is 13.2 Å². The highest BCUT2D eigenvalue weighted by molar-refractivity contribution is 5.48. The summed E-state index contributed by atoms with van der Waals surface area (Å²) in [6.07, 6.45) is -0.439. The molecule has 0 bridgehead atoms. The van der Waals surface area contributed by atoms with Gasteiger partial charge in [0.15, 0.2) is 11.6 Å². The Balaban J connectivity index is 2.69. The Morgan fingerprint density at radius 2 is 2.29 bits per heavy atom. The van der Waals surface area contributed by atoms with Gasteiger partial charge in [0.1, 0.15) is 0 Å². The van der Waals surface area contributed by atoms with E-state index < -0.39 is 11.9 Å². The summed E-state index contributed by atoms with van der Waals surface area (Å²) in [6.45, 7) is 2.10. The Morgan fingerprint density at radius 1 is 1.57 bits per heavy atom. The lowest BCUT2D eigenvalue weighted by Gasteiger charge is -2.09. The number of anilines is 1. The first-order valence-electron chi connectivity index (χ1n) is 4.39. The summed E-state index contributed by atoms with van der Waals surface area (Å²) < 4.78 is 17.8. The zero-order valence-electron chi connectivity index (χ0n) is 8.25. The van der Waals surface area contributed by atoms with Gasteiger partial charge in [0.2, 0.25) is 0 Å². The summed E-state index contributed by atoms with van der Waals surface area (Å²) in [7, 11) is 1.41. The third kappa shape index (κ3) is 2.88. The van der Waals surface area contributed by atoms with E-state index in [1.54, 1.807) is 19.1 Å². The van der Waals surface area contributed by atoms with Crippen molar-refractivity contribution >= 4 is 5.69 Å². The zero-order valence-corrected chi connectivity index (χ0v) is 8.25. The summed E-state index contributed by atoms with van der Waals surface area (Å²) in [5.74, 6) is -0.198. The van der Waals surface area contributed by atoms with Crippen molar-refractivity contribution in [1.29, 1.82) is 0 Å². The molecule has 0 aliphatic rings. The molecule has 0 heterocycles. The predicted molar refractivity (Wildman–Crippen MR) is 53.1 cm³/mol. The molecule has 2 N–H and O–H groups in total. The van der Waals surface area contributed by atoms with Crippen molar-refractivity contribution < 1.29 is 14.2 Å². The molecule has 14 heavy (non-hydrogen) atoms. The fourth-order valence-electron chi connectivity index (χ4n) is 1.04. The molecule has 78 valence electrons. The summed E-state index contributed by atoms with van der Waals surface area (Å²) in [6, 6.07) is 4.47. The molecule has 0 aliphatic carbocycles. The maximum Gasteiger partial charge on any atom is 0.165 e. The molecule has 0 saturated carbocycles. The van der Waals surface area contributed by atoms with Crippen LogP contribution in [0.5, 0.6) is 5.75 Å². The highest BCUT2D eigenvalue weighted by atomic mass is 19.1. The molecule has 0 radical (unpaired) electrons. The Morgan fingerprint density at radius 3 is 2.86 bits per heavy atom. The first-order valence-corrected chi connectivity index (χ1v) is 4.39. The van der Waals surface area contributed by atoms with Crippen LogP contribution in [0.1, 0.15) is 6.92 Å². The first-order chi connectivity index (χ1) is 6.63. The maximum absolute atomic E-state index is 13.0. The van der Waals surface area contributed by atoms with Crippen LogP contribution in [-0.4, -0.2) is 24.9 Å². The van der Waals surface area contributed by atoms with Gasteiger partial charge in [-0.25, -0.2) is 4.39 Å². The van der Waals surface area contributed by atoms with Crippen molar-refractivity contribution in [2.75, 3.05) is 19.0 Å². The van der Waals surface area contributed by atoms with Gasteiger partial charge in [-0.1, -0.05) is 0 Å². The van der Waals surface area contributed by atoms with E-state index in [-0.39, 0.29) is 5.75 Å². The molecule has 1 aromatic rings. The molecule has 0 aliphatic heterocycles. The largest absolute Gasteiger partial charge is 0.494 e. The van der Waals surface area contributed by atoms with Gasteiger partial charge in [-0.15, -0.1) is 0 Å². The fraction of sp³-hybridized carbons (Fsp3) is 0.400. The van der Waals surface area contributed by atoms with Crippen LogP contribution in [-0.2, 0) is 0 Å². The van der Waals surface area contributed by atoms with E-state index in [4.69, 9.17) is 9.84 Å². The molecule has 1 rings (SSSR count). The van der Waals surface area contributed by atoms with Crippen molar-refractivity contribution in [2.45, 2.75) is 13.0 Å². The van der Waals surface area contributed by atoms with Crippen LogP contribution in [0.3, 0.4) is 0 Å². The van der Waals surface area contributed by atoms with E-state index >= 15 is 0 Å². The van der Waals surface area contributed by atoms with Crippen molar-refractivity contribution in [3.8, 4) is 5.75 Å². The van der Waals surface area contributed by atoms with E-state index in [2.05, 4.69) is 5.32 Å². The number of methoxy groups -OCH3 is 1. The van der Waals surface area contributed by atoms with Crippen LogP contribution in [0.25, 0.3) is 0 Å². The number of rotatable bonds is 4. The molecule has 1 atom stereocenters. The topological polar surface area (TPSA) is 41.5 Å².